The maximum absolute atomic E-state index is 4.64. The van der Waals surface area contributed by atoms with Crippen molar-refractivity contribution in [1.82, 2.24) is 15.6 Å². The lowest BCUT2D eigenvalue weighted by molar-refractivity contribution is 0.730. The molecule has 136 valence electrons. The minimum Gasteiger partial charge on any atom is -0.375 e. The van der Waals surface area contributed by atoms with Gasteiger partial charge in [-0.15, -0.1) is 11.3 Å². The van der Waals surface area contributed by atoms with Crippen LogP contribution in [0.3, 0.4) is 0 Å². The summed E-state index contributed by atoms with van der Waals surface area (Å²) in [7, 11) is 2.13. The number of hydrogen-bond acceptors (Lipinski definition) is 4. The largest absolute Gasteiger partial charge is 0.375 e. The van der Waals surface area contributed by atoms with Gasteiger partial charge in [0.05, 0.1) is 12.2 Å². The average molecular weight is 360 g/mol. The zero-order valence-corrected chi connectivity index (χ0v) is 16.5. The van der Waals surface area contributed by atoms with Crippen molar-refractivity contribution in [2.24, 2.45) is 4.99 Å². The summed E-state index contributed by atoms with van der Waals surface area (Å²) in [6, 6.07) is 10.5. The molecule has 0 saturated carbocycles. The van der Waals surface area contributed by atoms with Gasteiger partial charge < -0.3 is 15.5 Å². The van der Waals surface area contributed by atoms with Crippen LogP contribution in [0.25, 0.3) is 0 Å². The molecular weight excluding hydrogens is 330 g/mol. The number of para-hydroxylation sites is 1. The number of rotatable bonds is 8. The molecule has 1 aromatic carbocycles. The van der Waals surface area contributed by atoms with E-state index in [1.54, 1.807) is 11.3 Å². The zero-order valence-electron chi connectivity index (χ0n) is 15.7. The van der Waals surface area contributed by atoms with Crippen molar-refractivity contribution in [3.05, 3.63) is 45.9 Å². The van der Waals surface area contributed by atoms with Gasteiger partial charge in [-0.05, 0) is 39.3 Å². The Kier molecular flexibility index (Phi) is 7.73. The highest BCUT2D eigenvalue weighted by atomic mass is 32.1. The summed E-state index contributed by atoms with van der Waals surface area (Å²) in [6.45, 7) is 9.60. The van der Waals surface area contributed by atoms with Gasteiger partial charge in [0.1, 0.15) is 5.01 Å². The Hall–Kier alpha value is -2.08. The standard InChI is InChI=1S/C19H29N5S/c1-5-20-19(22-14-18-23-15(2)16(3)25-18)21-12-9-13-24(4)17-10-7-6-8-11-17/h6-8,10-11H,5,9,12-14H2,1-4H3,(H2,20,21,22). The highest BCUT2D eigenvalue weighted by molar-refractivity contribution is 7.11. The van der Waals surface area contributed by atoms with Gasteiger partial charge in [-0.3, -0.25) is 0 Å². The van der Waals surface area contributed by atoms with Crippen molar-refractivity contribution >= 4 is 23.0 Å². The first-order valence-electron chi connectivity index (χ1n) is 8.81. The van der Waals surface area contributed by atoms with E-state index in [1.165, 1.54) is 10.6 Å². The van der Waals surface area contributed by atoms with Gasteiger partial charge >= 0.3 is 0 Å². The minimum atomic E-state index is 0.624. The number of thiazole rings is 1. The molecule has 5 nitrogen and oxygen atoms in total. The first-order chi connectivity index (χ1) is 12.1. The fourth-order valence-corrected chi connectivity index (χ4v) is 3.29. The first-order valence-corrected chi connectivity index (χ1v) is 9.63. The summed E-state index contributed by atoms with van der Waals surface area (Å²) in [5.74, 6) is 0.857. The molecule has 0 fully saturated rings. The molecule has 0 radical (unpaired) electrons. The van der Waals surface area contributed by atoms with Crippen molar-refractivity contribution in [2.45, 2.75) is 33.7 Å². The Bertz CT molecular complexity index is 646. The number of aromatic nitrogens is 1. The molecule has 25 heavy (non-hydrogen) atoms. The summed E-state index contributed by atoms with van der Waals surface area (Å²) in [5, 5.41) is 7.77. The van der Waals surface area contributed by atoms with Crippen LogP contribution in [-0.2, 0) is 6.54 Å². The van der Waals surface area contributed by atoms with E-state index in [4.69, 9.17) is 0 Å². The molecule has 0 aliphatic heterocycles. The molecule has 1 heterocycles. The predicted octanol–water partition coefficient (Wildman–Crippen LogP) is 3.34. The van der Waals surface area contributed by atoms with E-state index in [0.717, 1.165) is 42.7 Å². The second-order valence-electron chi connectivity index (χ2n) is 5.98. The molecule has 2 N–H and O–H groups in total. The molecule has 0 atom stereocenters. The second kappa shape index (κ2) is 10.0. The molecule has 1 aromatic heterocycles. The number of nitrogens with zero attached hydrogens (tertiary/aromatic N) is 3. The van der Waals surface area contributed by atoms with Crippen LogP contribution in [-0.4, -0.2) is 37.6 Å². The molecule has 0 bridgehead atoms. The van der Waals surface area contributed by atoms with E-state index in [-0.39, 0.29) is 0 Å². The van der Waals surface area contributed by atoms with E-state index >= 15 is 0 Å². The predicted molar refractivity (Wildman–Crippen MR) is 109 cm³/mol. The van der Waals surface area contributed by atoms with Gasteiger partial charge in [-0.2, -0.15) is 0 Å². The third-order valence-electron chi connectivity index (χ3n) is 3.95. The van der Waals surface area contributed by atoms with Crippen molar-refractivity contribution in [1.29, 1.82) is 0 Å². The van der Waals surface area contributed by atoms with Gasteiger partial charge in [0.2, 0.25) is 0 Å². The van der Waals surface area contributed by atoms with Crippen LogP contribution in [0.5, 0.6) is 0 Å². The van der Waals surface area contributed by atoms with Crippen molar-refractivity contribution < 1.29 is 0 Å². The summed E-state index contributed by atoms with van der Waals surface area (Å²) in [4.78, 5) is 12.7. The molecule has 0 spiro atoms. The third kappa shape index (κ3) is 6.38. The summed E-state index contributed by atoms with van der Waals surface area (Å²) in [5.41, 5.74) is 2.36. The third-order valence-corrected chi connectivity index (χ3v) is 5.01. The lowest BCUT2D eigenvalue weighted by Crippen LogP contribution is -2.38. The Morgan fingerprint density at radius 3 is 2.60 bits per heavy atom. The average Bonchev–Trinajstić information content (AvgIpc) is 2.95. The quantitative estimate of drug-likeness (QED) is 0.431. The molecule has 0 saturated heterocycles. The molecule has 2 rings (SSSR count). The van der Waals surface area contributed by atoms with Crippen LogP contribution in [0.15, 0.2) is 35.3 Å². The van der Waals surface area contributed by atoms with Gasteiger partial charge in [0, 0.05) is 37.2 Å². The fourth-order valence-electron chi connectivity index (χ4n) is 2.43. The van der Waals surface area contributed by atoms with Crippen molar-refractivity contribution in [3.63, 3.8) is 0 Å². The Morgan fingerprint density at radius 1 is 1.20 bits per heavy atom. The maximum Gasteiger partial charge on any atom is 0.191 e. The number of aryl methyl sites for hydroxylation is 2. The van der Waals surface area contributed by atoms with Crippen LogP contribution in [0.4, 0.5) is 5.69 Å². The van der Waals surface area contributed by atoms with Gasteiger partial charge in [-0.1, -0.05) is 18.2 Å². The van der Waals surface area contributed by atoms with E-state index in [2.05, 4.69) is 70.7 Å². The van der Waals surface area contributed by atoms with Crippen molar-refractivity contribution in [3.8, 4) is 0 Å². The number of benzene rings is 1. The van der Waals surface area contributed by atoms with Crippen molar-refractivity contribution in [2.75, 3.05) is 31.6 Å². The topological polar surface area (TPSA) is 52.6 Å². The molecule has 0 amide bonds. The Balaban J connectivity index is 1.78. The minimum absolute atomic E-state index is 0.624. The van der Waals surface area contributed by atoms with Crippen LogP contribution in [0, 0.1) is 13.8 Å². The first kappa shape index (κ1) is 19.2. The Labute approximate surface area is 155 Å². The van der Waals surface area contributed by atoms with E-state index in [9.17, 15) is 0 Å². The number of guanidine groups is 1. The zero-order chi connectivity index (χ0) is 18.1. The number of anilines is 1. The summed E-state index contributed by atoms with van der Waals surface area (Å²) in [6.07, 6.45) is 1.05. The molecular formula is C19H29N5S. The molecule has 6 heteroatoms. The monoisotopic (exact) mass is 359 g/mol. The highest BCUT2D eigenvalue weighted by Gasteiger charge is 2.04. The van der Waals surface area contributed by atoms with E-state index in [0.29, 0.717) is 6.54 Å². The van der Waals surface area contributed by atoms with Gasteiger partial charge in [0.15, 0.2) is 5.96 Å². The number of aliphatic imine (C=N–C) groups is 1. The van der Waals surface area contributed by atoms with Gasteiger partial charge in [0.25, 0.3) is 0 Å². The number of nitrogens with one attached hydrogen (secondary N) is 2. The lowest BCUT2D eigenvalue weighted by Gasteiger charge is -2.19. The molecule has 0 aliphatic carbocycles. The second-order valence-corrected chi connectivity index (χ2v) is 7.27. The normalized spacial score (nSPS) is 11.4. The smallest absolute Gasteiger partial charge is 0.191 e. The molecule has 2 aromatic rings. The maximum atomic E-state index is 4.64. The Morgan fingerprint density at radius 2 is 1.96 bits per heavy atom. The lowest BCUT2D eigenvalue weighted by atomic mass is 10.3. The summed E-state index contributed by atoms with van der Waals surface area (Å²) >= 11 is 1.72. The van der Waals surface area contributed by atoms with E-state index in [1.807, 2.05) is 13.0 Å². The SMILES string of the molecule is CCNC(=NCc1nc(C)c(C)s1)NCCCN(C)c1ccccc1. The number of hydrogen-bond donors (Lipinski definition) is 2. The fraction of sp³-hybridized carbons (Fsp3) is 0.474. The van der Waals surface area contributed by atoms with Crippen LogP contribution < -0.4 is 15.5 Å². The molecule has 0 unspecified atom stereocenters. The van der Waals surface area contributed by atoms with Crippen LogP contribution in [0.1, 0.15) is 28.9 Å². The van der Waals surface area contributed by atoms with E-state index < -0.39 is 0 Å². The van der Waals surface area contributed by atoms with Crippen LogP contribution in [0.2, 0.25) is 0 Å². The highest BCUT2D eigenvalue weighted by Crippen LogP contribution is 2.16. The van der Waals surface area contributed by atoms with Gasteiger partial charge in [-0.25, -0.2) is 9.98 Å². The van der Waals surface area contributed by atoms with Crippen LogP contribution >= 0.6 is 11.3 Å². The summed E-state index contributed by atoms with van der Waals surface area (Å²) < 4.78 is 0. The molecule has 0 aliphatic rings.